The molecule has 0 radical (unpaired) electrons. The van der Waals surface area contributed by atoms with Crippen LogP contribution in [0.25, 0.3) is 10.9 Å². The molecule has 204 valence electrons. The fourth-order valence-corrected chi connectivity index (χ4v) is 4.86. The van der Waals surface area contributed by atoms with Crippen molar-refractivity contribution in [3.05, 3.63) is 47.9 Å². The molecular formula is C27H31FN8O3. The molecule has 4 N–H and O–H groups in total. The third kappa shape index (κ3) is 5.32. The second kappa shape index (κ2) is 11.2. The summed E-state index contributed by atoms with van der Waals surface area (Å²) >= 11 is 0. The number of carbonyl (C=O) groups excluding carboxylic acids is 1. The molecule has 2 aromatic heterocycles. The van der Waals surface area contributed by atoms with Gasteiger partial charge in [0, 0.05) is 55.9 Å². The highest BCUT2D eigenvalue weighted by Crippen LogP contribution is 2.37. The molecule has 0 spiro atoms. The van der Waals surface area contributed by atoms with Gasteiger partial charge < -0.3 is 35.7 Å². The maximum Gasteiger partial charge on any atom is 0.319 e. The summed E-state index contributed by atoms with van der Waals surface area (Å²) in [5.74, 6) is 0.161. The zero-order valence-corrected chi connectivity index (χ0v) is 21.7. The fraction of sp³-hybridized carbons (Fsp3) is 0.370. The Labute approximate surface area is 225 Å². The summed E-state index contributed by atoms with van der Waals surface area (Å²) in [5, 5.41) is 11.9. The highest BCUT2D eigenvalue weighted by molar-refractivity contribution is 5.94. The summed E-state index contributed by atoms with van der Waals surface area (Å²) in [7, 11) is 0. The van der Waals surface area contributed by atoms with E-state index < -0.39 is 5.82 Å². The Kier molecular flexibility index (Phi) is 7.55. The molecule has 12 heteroatoms. The quantitative estimate of drug-likeness (QED) is 0.226. The highest BCUT2D eigenvalue weighted by atomic mass is 19.1. The number of piperazine rings is 1. The molecule has 2 saturated heterocycles. The number of hydrogen-bond donors (Lipinski definition) is 3. The SMILES string of the molecule is C=CC(=O)N1CCN(c2nc(OC[C@@H]3CCCN3)nc3c(Oc4c(C)c(F)cc(N)c4C=N)nccc23)CC1. The number of hydrogen-bond acceptors (Lipinski definition) is 10. The number of nitrogens with two attached hydrogens (primary N) is 1. The van der Waals surface area contributed by atoms with Crippen molar-refractivity contribution in [2.75, 3.05) is 50.0 Å². The molecule has 0 aliphatic carbocycles. The van der Waals surface area contributed by atoms with E-state index >= 15 is 0 Å². The van der Waals surface area contributed by atoms with Gasteiger partial charge >= 0.3 is 6.01 Å². The standard InChI is InChI=1S/C27H31FN8O3/c1-3-22(37)35-9-11-36(12-10-35)25-18-6-8-32-26(39-24-16(2)20(28)13-21(30)19(24)14-29)23(18)33-27(34-25)38-15-17-5-4-7-31-17/h3,6,8,13-14,17,29,31H,1,4-5,7,9-12,15,30H2,2H3/t17-/m0/s1. The van der Waals surface area contributed by atoms with Crippen LogP contribution in [0, 0.1) is 18.2 Å². The molecule has 2 aliphatic rings. The van der Waals surface area contributed by atoms with Crippen LogP contribution in [-0.2, 0) is 4.79 Å². The van der Waals surface area contributed by atoms with Gasteiger partial charge in [-0.3, -0.25) is 4.79 Å². The average molecular weight is 535 g/mol. The number of nitrogen functional groups attached to an aromatic ring is 1. The van der Waals surface area contributed by atoms with E-state index in [9.17, 15) is 9.18 Å². The van der Waals surface area contributed by atoms with E-state index in [0.29, 0.717) is 49.5 Å². The predicted octanol–water partition coefficient (Wildman–Crippen LogP) is 2.81. The van der Waals surface area contributed by atoms with Crippen LogP contribution in [0.1, 0.15) is 24.0 Å². The molecule has 1 amide bonds. The lowest BCUT2D eigenvalue weighted by Crippen LogP contribution is -2.48. The summed E-state index contributed by atoms with van der Waals surface area (Å²) < 4.78 is 26.7. The lowest BCUT2D eigenvalue weighted by Gasteiger charge is -2.35. The number of nitrogens with one attached hydrogen (secondary N) is 2. The lowest BCUT2D eigenvalue weighted by molar-refractivity contribution is -0.126. The van der Waals surface area contributed by atoms with Crippen molar-refractivity contribution in [3.63, 3.8) is 0 Å². The molecule has 2 aliphatic heterocycles. The molecule has 39 heavy (non-hydrogen) atoms. The first-order chi connectivity index (χ1) is 18.9. The topological polar surface area (TPSA) is 143 Å². The van der Waals surface area contributed by atoms with Crippen molar-refractivity contribution < 1.29 is 18.7 Å². The third-order valence-electron chi connectivity index (χ3n) is 7.06. The molecule has 3 aromatic rings. The Hall–Kier alpha value is -4.32. The minimum atomic E-state index is -0.552. The minimum Gasteiger partial charge on any atom is -0.462 e. The van der Waals surface area contributed by atoms with Crippen molar-refractivity contribution >= 4 is 34.5 Å². The van der Waals surface area contributed by atoms with Gasteiger partial charge in [0.1, 0.15) is 29.5 Å². The number of anilines is 2. The normalized spacial score (nSPS) is 17.3. The smallest absolute Gasteiger partial charge is 0.319 e. The molecule has 4 heterocycles. The van der Waals surface area contributed by atoms with E-state index in [0.717, 1.165) is 25.6 Å². The van der Waals surface area contributed by atoms with E-state index in [1.54, 1.807) is 24.1 Å². The minimum absolute atomic E-state index is 0.0821. The Morgan fingerprint density at radius 2 is 2.13 bits per heavy atom. The summed E-state index contributed by atoms with van der Waals surface area (Å²) in [6.45, 7) is 8.59. The number of ether oxygens (including phenoxy) is 2. The van der Waals surface area contributed by atoms with Gasteiger partial charge in [-0.2, -0.15) is 9.97 Å². The van der Waals surface area contributed by atoms with Crippen LogP contribution in [0.5, 0.6) is 17.6 Å². The van der Waals surface area contributed by atoms with Crippen LogP contribution in [0.3, 0.4) is 0 Å². The van der Waals surface area contributed by atoms with Crippen LogP contribution in [0.4, 0.5) is 15.9 Å². The Morgan fingerprint density at radius 3 is 2.82 bits per heavy atom. The molecule has 0 bridgehead atoms. The van der Waals surface area contributed by atoms with Gasteiger partial charge in [0.05, 0.1) is 10.9 Å². The fourth-order valence-electron chi connectivity index (χ4n) is 4.86. The first-order valence-electron chi connectivity index (χ1n) is 12.9. The molecule has 11 nitrogen and oxygen atoms in total. The molecule has 0 unspecified atom stereocenters. The van der Waals surface area contributed by atoms with E-state index in [-0.39, 0.29) is 46.4 Å². The number of halogens is 1. The van der Waals surface area contributed by atoms with Crippen molar-refractivity contribution in [3.8, 4) is 17.6 Å². The number of amides is 1. The maximum atomic E-state index is 14.6. The summed E-state index contributed by atoms with van der Waals surface area (Å²) in [6, 6.07) is 3.32. The number of benzene rings is 1. The molecule has 5 rings (SSSR count). The number of nitrogens with zero attached hydrogens (tertiary/aromatic N) is 5. The lowest BCUT2D eigenvalue weighted by atomic mass is 10.1. The zero-order valence-electron chi connectivity index (χ0n) is 21.7. The van der Waals surface area contributed by atoms with Crippen LogP contribution in [0.2, 0.25) is 0 Å². The number of pyridine rings is 1. The number of fused-ring (bicyclic) bond motifs is 1. The Balaban J connectivity index is 1.55. The number of carbonyl (C=O) groups is 1. The number of rotatable bonds is 8. The van der Waals surface area contributed by atoms with Crippen molar-refractivity contribution in [1.29, 1.82) is 5.41 Å². The highest BCUT2D eigenvalue weighted by Gasteiger charge is 2.26. The molecule has 1 atom stereocenters. The molecular weight excluding hydrogens is 503 g/mol. The molecule has 2 fully saturated rings. The Morgan fingerprint density at radius 1 is 1.33 bits per heavy atom. The van der Waals surface area contributed by atoms with Gasteiger partial charge in [-0.15, -0.1) is 0 Å². The number of aromatic nitrogens is 3. The zero-order chi connectivity index (χ0) is 27.5. The predicted molar refractivity (Wildman–Crippen MR) is 146 cm³/mol. The second-order valence-electron chi connectivity index (χ2n) is 9.52. The largest absolute Gasteiger partial charge is 0.462 e. The van der Waals surface area contributed by atoms with Crippen molar-refractivity contribution in [2.24, 2.45) is 0 Å². The van der Waals surface area contributed by atoms with Gasteiger partial charge in [0.15, 0.2) is 0 Å². The van der Waals surface area contributed by atoms with E-state index in [1.807, 2.05) is 0 Å². The summed E-state index contributed by atoms with van der Waals surface area (Å²) in [5.41, 5.74) is 6.87. The van der Waals surface area contributed by atoms with Crippen LogP contribution in [0.15, 0.2) is 31.0 Å². The van der Waals surface area contributed by atoms with E-state index in [4.69, 9.17) is 25.6 Å². The van der Waals surface area contributed by atoms with Crippen LogP contribution < -0.4 is 25.4 Å². The van der Waals surface area contributed by atoms with Crippen molar-refractivity contribution in [1.82, 2.24) is 25.2 Å². The molecule has 1 aromatic carbocycles. The van der Waals surface area contributed by atoms with Gasteiger partial charge in [-0.25, -0.2) is 9.37 Å². The average Bonchev–Trinajstić information content (AvgIpc) is 3.48. The van der Waals surface area contributed by atoms with Crippen LogP contribution in [-0.4, -0.2) is 77.3 Å². The van der Waals surface area contributed by atoms with Crippen molar-refractivity contribution in [2.45, 2.75) is 25.8 Å². The second-order valence-corrected chi connectivity index (χ2v) is 9.52. The third-order valence-corrected chi connectivity index (χ3v) is 7.06. The first kappa shape index (κ1) is 26.3. The van der Waals surface area contributed by atoms with Gasteiger partial charge in [0.2, 0.25) is 11.8 Å². The maximum absolute atomic E-state index is 14.6. The van der Waals surface area contributed by atoms with Gasteiger partial charge in [0.25, 0.3) is 0 Å². The molecule has 0 saturated carbocycles. The van der Waals surface area contributed by atoms with Gasteiger partial charge in [-0.1, -0.05) is 6.58 Å². The van der Waals surface area contributed by atoms with E-state index in [2.05, 4.69) is 26.8 Å². The Bertz CT molecular complexity index is 1420. The van der Waals surface area contributed by atoms with Crippen LogP contribution >= 0.6 is 0 Å². The summed E-state index contributed by atoms with van der Waals surface area (Å²) in [4.78, 5) is 29.7. The van der Waals surface area contributed by atoms with Gasteiger partial charge in [-0.05, 0) is 44.5 Å². The monoisotopic (exact) mass is 534 g/mol. The first-order valence-corrected chi connectivity index (χ1v) is 12.9. The van der Waals surface area contributed by atoms with E-state index in [1.165, 1.54) is 12.1 Å². The summed E-state index contributed by atoms with van der Waals surface area (Å²) in [6.07, 6.45) is 5.99.